The average molecular weight is 334 g/mol. The van der Waals surface area contributed by atoms with Crippen molar-refractivity contribution in [2.24, 2.45) is 0 Å². The number of aliphatic hydroxyl groups excluding tert-OH is 1. The van der Waals surface area contributed by atoms with Crippen molar-refractivity contribution in [3.63, 3.8) is 0 Å². The summed E-state index contributed by atoms with van der Waals surface area (Å²) in [5.41, 5.74) is 8.58. The van der Waals surface area contributed by atoms with Crippen LogP contribution in [-0.4, -0.2) is 29.8 Å². The molecule has 0 aliphatic heterocycles. The number of hydrogen-bond donors (Lipinski definition) is 3. The number of aromatic nitrogens is 5. The van der Waals surface area contributed by atoms with Crippen LogP contribution in [0.3, 0.4) is 0 Å². The summed E-state index contributed by atoms with van der Waals surface area (Å²) in [4.78, 5) is 23.0. The quantitative estimate of drug-likeness (QED) is 0.518. The summed E-state index contributed by atoms with van der Waals surface area (Å²) in [7, 11) is 0. The zero-order chi connectivity index (χ0) is 17.4. The zero-order valence-electron chi connectivity index (χ0n) is 13.0. The van der Waals surface area contributed by atoms with Gasteiger partial charge in [-0.2, -0.15) is 0 Å². The second-order valence-electron chi connectivity index (χ2n) is 5.49. The predicted molar refractivity (Wildman–Crippen MR) is 93.1 cm³/mol. The fraction of sp³-hybridized carbons (Fsp3) is 0.0588. The number of fused-ring (bicyclic) bond motifs is 1. The highest BCUT2D eigenvalue weighted by Gasteiger charge is 2.14. The normalized spacial score (nSPS) is 11.1. The van der Waals surface area contributed by atoms with Crippen LogP contribution < -0.4 is 11.3 Å². The number of nitrogens with one attached hydrogen (secondary N) is 1. The number of benzene rings is 1. The Morgan fingerprint density at radius 3 is 2.96 bits per heavy atom. The maximum atomic E-state index is 11.9. The van der Waals surface area contributed by atoms with Crippen LogP contribution in [0.2, 0.25) is 0 Å². The van der Waals surface area contributed by atoms with E-state index in [2.05, 4.69) is 20.1 Å². The van der Waals surface area contributed by atoms with E-state index in [1.165, 1.54) is 17.2 Å². The Bertz CT molecular complexity index is 1130. The molecule has 1 aromatic carbocycles. The number of H-pyrrole nitrogens is 1. The van der Waals surface area contributed by atoms with Gasteiger partial charge in [0.05, 0.1) is 18.3 Å². The highest BCUT2D eigenvalue weighted by Crippen LogP contribution is 2.27. The first-order valence-electron chi connectivity index (χ1n) is 7.55. The maximum absolute atomic E-state index is 11.9. The molecular weight excluding hydrogens is 320 g/mol. The second-order valence-corrected chi connectivity index (χ2v) is 5.49. The van der Waals surface area contributed by atoms with Gasteiger partial charge in [0.15, 0.2) is 11.6 Å². The Morgan fingerprint density at radius 2 is 2.12 bits per heavy atom. The van der Waals surface area contributed by atoms with Crippen molar-refractivity contribution in [1.29, 1.82) is 0 Å². The van der Waals surface area contributed by atoms with E-state index in [0.29, 0.717) is 28.1 Å². The molecule has 0 unspecified atom stereocenters. The Hall–Kier alpha value is -3.52. The largest absolute Gasteiger partial charge is 0.392 e. The van der Waals surface area contributed by atoms with Gasteiger partial charge in [-0.25, -0.2) is 14.6 Å². The van der Waals surface area contributed by atoms with Crippen LogP contribution >= 0.6 is 0 Å². The molecule has 0 saturated carbocycles. The molecule has 4 aromatic rings. The molecule has 124 valence electrons. The third kappa shape index (κ3) is 2.54. The Kier molecular flexibility index (Phi) is 3.51. The number of rotatable bonds is 3. The van der Waals surface area contributed by atoms with Gasteiger partial charge < -0.3 is 15.8 Å². The fourth-order valence-corrected chi connectivity index (χ4v) is 2.71. The van der Waals surface area contributed by atoms with E-state index >= 15 is 0 Å². The van der Waals surface area contributed by atoms with Crippen molar-refractivity contribution >= 4 is 16.7 Å². The molecule has 3 heterocycles. The van der Waals surface area contributed by atoms with Crippen LogP contribution in [0.4, 0.5) is 5.82 Å². The van der Waals surface area contributed by atoms with Gasteiger partial charge in [-0.1, -0.05) is 18.2 Å². The van der Waals surface area contributed by atoms with Gasteiger partial charge in [0, 0.05) is 18.0 Å². The molecule has 0 atom stereocenters. The number of nitrogen functional groups attached to an aromatic ring is 1. The van der Waals surface area contributed by atoms with Crippen LogP contribution in [-0.2, 0) is 6.61 Å². The summed E-state index contributed by atoms with van der Waals surface area (Å²) in [6.45, 7) is -0.0561. The summed E-state index contributed by atoms with van der Waals surface area (Å²) in [5, 5.41) is 14.0. The van der Waals surface area contributed by atoms with Crippen molar-refractivity contribution in [1.82, 2.24) is 24.7 Å². The molecule has 3 aromatic heterocycles. The minimum Gasteiger partial charge on any atom is -0.392 e. The molecule has 0 amide bonds. The SMILES string of the molecule is Nc1nn(-c2nccc3c(=O)[nH]cnc23)cc1-c1cccc(CO)c1. The molecule has 4 N–H and O–H groups in total. The van der Waals surface area contributed by atoms with E-state index in [1.807, 2.05) is 24.3 Å². The number of nitrogens with two attached hydrogens (primary N) is 1. The van der Waals surface area contributed by atoms with Gasteiger partial charge >= 0.3 is 0 Å². The molecule has 0 saturated heterocycles. The smallest absolute Gasteiger partial charge is 0.258 e. The number of anilines is 1. The van der Waals surface area contributed by atoms with Gasteiger partial charge in [0.25, 0.3) is 5.56 Å². The van der Waals surface area contributed by atoms with Gasteiger partial charge in [0.1, 0.15) is 5.52 Å². The molecule has 0 spiro atoms. The van der Waals surface area contributed by atoms with Gasteiger partial charge in [-0.3, -0.25) is 4.79 Å². The zero-order valence-corrected chi connectivity index (χ0v) is 13.0. The highest BCUT2D eigenvalue weighted by molar-refractivity contribution is 5.84. The standard InChI is InChI=1S/C17H14N6O2/c18-15-13(11-3-1-2-10(6-11)8-24)7-23(22-15)16-14-12(4-5-19-16)17(25)21-9-20-14/h1-7,9,24H,8H2,(H2,18,22)(H,20,21,25). The Morgan fingerprint density at radius 1 is 1.24 bits per heavy atom. The molecule has 0 fully saturated rings. The van der Waals surface area contributed by atoms with Crippen molar-refractivity contribution in [3.8, 4) is 16.9 Å². The number of aromatic amines is 1. The van der Waals surface area contributed by atoms with Crippen molar-refractivity contribution in [3.05, 3.63) is 65.0 Å². The monoisotopic (exact) mass is 334 g/mol. The lowest BCUT2D eigenvalue weighted by atomic mass is 10.1. The Balaban J connectivity index is 1.89. The molecule has 0 aliphatic rings. The van der Waals surface area contributed by atoms with E-state index in [4.69, 9.17) is 5.73 Å². The van der Waals surface area contributed by atoms with Gasteiger partial charge in [-0.15, -0.1) is 5.10 Å². The summed E-state index contributed by atoms with van der Waals surface area (Å²) in [6, 6.07) is 9.00. The molecule has 8 nitrogen and oxygen atoms in total. The lowest BCUT2D eigenvalue weighted by Crippen LogP contribution is -2.09. The maximum Gasteiger partial charge on any atom is 0.258 e. The van der Waals surface area contributed by atoms with Crippen LogP contribution in [0, 0.1) is 0 Å². The number of aliphatic hydroxyl groups is 1. The molecule has 25 heavy (non-hydrogen) atoms. The van der Waals surface area contributed by atoms with E-state index in [1.54, 1.807) is 12.3 Å². The third-order valence-electron chi connectivity index (χ3n) is 3.92. The van der Waals surface area contributed by atoms with Crippen LogP contribution in [0.1, 0.15) is 5.56 Å². The number of hydrogen-bond acceptors (Lipinski definition) is 6. The minimum atomic E-state index is -0.246. The third-order valence-corrected chi connectivity index (χ3v) is 3.92. The summed E-state index contributed by atoms with van der Waals surface area (Å²) < 4.78 is 1.51. The lowest BCUT2D eigenvalue weighted by molar-refractivity contribution is 0.282. The topological polar surface area (TPSA) is 123 Å². The van der Waals surface area contributed by atoms with Crippen LogP contribution in [0.5, 0.6) is 0 Å². The van der Waals surface area contributed by atoms with Crippen LogP contribution in [0.15, 0.2) is 53.8 Å². The minimum absolute atomic E-state index is 0.0561. The van der Waals surface area contributed by atoms with Crippen molar-refractivity contribution in [2.45, 2.75) is 6.61 Å². The van der Waals surface area contributed by atoms with Crippen LogP contribution in [0.25, 0.3) is 27.8 Å². The molecule has 0 bridgehead atoms. The lowest BCUT2D eigenvalue weighted by Gasteiger charge is -2.03. The number of nitrogens with zero attached hydrogens (tertiary/aromatic N) is 4. The molecule has 0 aliphatic carbocycles. The molecule has 8 heteroatoms. The highest BCUT2D eigenvalue weighted by atomic mass is 16.3. The van der Waals surface area contributed by atoms with E-state index in [-0.39, 0.29) is 12.2 Å². The summed E-state index contributed by atoms with van der Waals surface area (Å²) in [6.07, 6.45) is 4.59. The second kappa shape index (κ2) is 5.84. The first-order chi connectivity index (χ1) is 12.2. The van der Waals surface area contributed by atoms with E-state index < -0.39 is 0 Å². The van der Waals surface area contributed by atoms with Gasteiger partial charge in [-0.05, 0) is 23.3 Å². The fourth-order valence-electron chi connectivity index (χ4n) is 2.71. The predicted octanol–water partition coefficient (Wildman–Crippen LogP) is 1.25. The average Bonchev–Trinajstić information content (AvgIpc) is 3.03. The first kappa shape index (κ1) is 15.0. The Labute approximate surface area is 141 Å². The van der Waals surface area contributed by atoms with Gasteiger partial charge in [0.2, 0.25) is 0 Å². The van der Waals surface area contributed by atoms with E-state index in [9.17, 15) is 9.90 Å². The van der Waals surface area contributed by atoms with Crippen molar-refractivity contribution in [2.75, 3.05) is 5.73 Å². The van der Waals surface area contributed by atoms with E-state index in [0.717, 1.165) is 11.1 Å². The molecule has 0 radical (unpaired) electrons. The molecular formula is C17H14N6O2. The summed E-state index contributed by atoms with van der Waals surface area (Å²) in [5.74, 6) is 0.735. The van der Waals surface area contributed by atoms with Crippen molar-refractivity contribution < 1.29 is 5.11 Å². The summed E-state index contributed by atoms with van der Waals surface area (Å²) >= 11 is 0. The molecule has 4 rings (SSSR count). The number of pyridine rings is 1. The first-order valence-corrected chi connectivity index (χ1v) is 7.55.